The van der Waals surface area contributed by atoms with Gasteiger partial charge in [-0.05, 0) is 18.4 Å². The Morgan fingerprint density at radius 2 is 2.11 bits per heavy atom. The van der Waals surface area contributed by atoms with Crippen molar-refractivity contribution in [2.24, 2.45) is 5.92 Å². The average Bonchev–Trinajstić information content (AvgIpc) is 2.37. The Balaban J connectivity index is 2.49. The van der Waals surface area contributed by atoms with E-state index in [9.17, 15) is 10.1 Å². The fraction of sp³-hybridized carbons (Fsp3) is 0.571. The number of rotatable bonds is 8. The Morgan fingerprint density at radius 1 is 1.37 bits per heavy atom. The summed E-state index contributed by atoms with van der Waals surface area (Å²) in [7, 11) is 1.44. The molecule has 0 fully saturated rings. The van der Waals surface area contributed by atoms with Gasteiger partial charge in [0, 0.05) is 24.4 Å². The van der Waals surface area contributed by atoms with Gasteiger partial charge in [0.25, 0.3) is 0 Å². The van der Waals surface area contributed by atoms with Crippen LogP contribution in [0.15, 0.2) is 18.2 Å². The first-order valence-corrected chi connectivity index (χ1v) is 6.61. The van der Waals surface area contributed by atoms with E-state index in [1.807, 2.05) is 0 Å². The third kappa shape index (κ3) is 5.16. The number of benzene rings is 1. The second-order valence-electron chi connectivity index (χ2n) is 4.96. The quantitative estimate of drug-likeness (QED) is 0.441. The van der Waals surface area contributed by atoms with E-state index in [0.717, 1.165) is 24.6 Å². The van der Waals surface area contributed by atoms with Crippen LogP contribution in [0.3, 0.4) is 0 Å². The maximum atomic E-state index is 10.8. The van der Waals surface area contributed by atoms with E-state index in [0.29, 0.717) is 0 Å². The van der Waals surface area contributed by atoms with Gasteiger partial charge in [-0.1, -0.05) is 26.7 Å². The monoisotopic (exact) mass is 266 g/mol. The van der Waals surface area contributed by atoms with E-state index in [4.69, 9.17) is 4.74 Å². The topological polar surface area (TPSA) is 64.4 Å². The van der Waals surface area contributed by atoms with Crippen LogP contribution in [-0.2, 0) is 0 Å². The summed E-state index contributed by atoms with van der Waals surface area (Å²) in [5.74, 6) is 1.02. The van der Waals surface area contributed by atoms with Crippen molar-refractivity contribution in [1.82, 2.24) is 0 Å². The van der Waals surface area contributed by atoms with Crippen LogP contribution in [0, 0.1) is 16.0 Å². The minimum atomic E-state index is -0.439. The number of hydrogen-bond donors (Lipinski definition) is 1. The van der Waals surface area contributed by atoms with Crippen molar-refractivity contribution < 1.29 is 9.66 Å². The second kappa shape index (κ2) is 7.61. The van der Waals surface area contributed by atoms with Crippen LogP contribution in [0.5, 0.6) is 5.75 Å². The van der Waals surface area contributed by atoms with Gasteiger partial charge in [-0.25, -0.2) is 0 Å². The molecule has 0 atom stereocenters. The number of unbranched alkanes of at least 4 members (excludes halogenated alkanes) is 1. The predicted octanol–water partition coefficient (Wildman–Crippen LogP) is 3.84. The molecule has 0 saturated heterocycles. The van der Waals surface area contributed by atoms with Gasteiger partial charge in [0.2, 0.25) is 0 Å². The summed E-state index contributed by atoms with van der Waals surface area (Å²) < 4.78 is 5.02. The molecule has 0 bridgehead atoms. The fourth-order valence-electron chi connectivity index (χ4n) is 1.85. The number of nitrogens with one attached hydrogen (secondary N) is 1. The number of ether oxygens (including phenoxy) is 1. The molecule has 0 radical (unpaired) electrons. The number of methoxy groups -OCH3 is 1. The number of nitrogens with zero attached hydrogens (tertiary/aromatic N) is 1. The molecule has 1 aromatic carbocycles. The van der Waals surface area contributed by atoms with E-state index < -0.39 is 4.92 Å². The number of nitro benzene ring substituents is 1. The number of hydrogen-bond acceptors (Lipinski definition) is 4. The SMILES string of the molecule is COc1cc(NCCCCC(C)C)ccc1[N+](=O)[O-]. The molecule has 5 nitrogen and oxygen atoms in total. The van der Waals surface area contributed by atoms with Crippen LogP contribution in [0.1, 0.15) is 33.1 Å². The lowest BCUT2D eigenvalue weighted by atomic mass is 10.1. The highest BCUT2D eigenvalue weighted by molar-refractivity contribution is 5.57. The van der Waals surface area contributed by atoms with Gasteiger partial charge in [-0.15, -0.1) is 0 Å². The molecule has 106 valence electrons. The zero-order valence-corrected chi connectivity index (χ0v) is 11.8. The molecule has 0 aliphatic rings. The Labute approximate surface area is 114 Å². The highest BCUT2D eigenvalue weighted by Gasteiger charge is 2.14. The molecule has 0 amide bonds. The molecule has 0 unspecified atom stereocenters. The summed E-state index contributed by atoms with van der Waals surface area (Å²) in [4.78, 5) is 10.3. The standard InChI is InChI=1S/C14H22N2O3/c1-11(2)6-4-5-9-15-12-7-8-13(16(17)18)14(10-12)19-3/h7-8,10-11,15H,4-6,9H2,1-3H3. The van der Waals surface area contributed by atoms with E-state index in [2.05, 4.69) is 19.2 Å². The van der Waals surface area contributed by atoms with Gasteiger partial charge < -0.3 is 10.1 Å². The van der Waals surface area contributed by atoms with Crippen LogP contribution in [0.4, 0.5) is 11.4 Å². The van der Waals surface area contributed by atoms with E-state index in [-0.39, 0.29) is 11.4 Å². The lowest BCUT2D eigenvalue weighted by molar-refractivity contribution is -0.385. The molecule has 1 aromatic rings. The van der Waals surface area contributed by atoms with Gasteiger partial charge in [-0.3, -0.25) is 10.1 Å². The smallest absolute Gasteiger partial charge is 0.311 e. The molecule has 1 N–H and O–H groups in total. The zero-order valence-electron chi connectivity index (χ0n) is 11.8. The largest absolute Gasteiger partial charge is 0.490 e. The summed E-state index contributed by atoms with van der Waals surface area (Å²) in [6.45, 7) is 5.30. The first-order valence-electron chi connectivity index (χ1n) is 6.61. The third-order valence-corrected chi connectivity index (χ3v) is 2.91. The Kier molecular flexibility index (Phi) is 6.12. The van der Waals surface area contributed by atoms with Crippen LogP contribution < -0.4 is 10.1 Å². The summed E-state index contributed by atoms with van der Waals surface area (Å²) in [6, 6.07) is 4.85. The Morgan fingerprint density at radius 3 is 2.68 bits per heavy atom. The van der Waals surface area contributed by atoms with Crippen molar-refractivity contribution in [3.05, 3.63) is 28.3 Å². The molecular weight excluding hydrogens is 244 g/mol. The Bertz CT molecular complexity index is 419. The van der Waals surface area contributed by atoms with Crippen LogP contribution in [-0.4, -0.2) is 18.6 Å². The van der Waals surface area contributed by atoms with Gasteiger partial charge in [0.1, 0.15) is 0 Å². The van der Waals surface area contributed by atoms with Gasteiger partial charge in [0.15, 0.2) is 5.75 Å². The van der Waals surface area contributed by atoms with Crippen LogP contribution in [0.25, 0.3) is 0 Å². The molecule has 0 aliphatic carbocycles. The lowest BCUT2D eigenvalue weighted by Gasteiger charge is -2.09. The minimum Gasteiger partial charge on any atom is -0.490 e. The number of anilines is 1. The zero-order chi connectivity index (χ0) is 14.3. The molecule has 1 rings (SSSR count). The molecule has 0 aromatic heterocycles. The van der Waals surface area contributed by atoms with Gasteiger partial charge in [-0.2, -0.15) is 0 Å². The van der Waals surface area contributed by atoms with Gasteiger partial charge in [0.05, 0.1) is 12.0 Å². The summed E-state index contributed by atoms with van der Waals surface area (Å²) in [5, 5.41) is 14.0. The molecule has 5 heteroatoms. The van der Waals surface area contributed by atoms with Crippen molar-refractivity contribution in [2.45, 2.75) is 33.1 Å². The van der Waals surface area contributed by atoms with E-state index >= 15 is 0 Å². The summed E-state index contributed by atoms with van der Waals surface area (Å²) >= 11 is 0. The highest BCUT2D eigenvalue weighted by atomic mass is 16.6. The first kappa shape index (κ1) is 15.3. The average molecular weight is 266 g/mol. The lowest BCUT2D eigenvalue weighted by Crippen LogP contribution is -2.03. The maximum absolute atomic E-state index is 10.8. The molecule has 0 aliphatic heterocycles. The number of nitro groups is 1. The van der Waals surface area contributed by atoms with Crippen molar-refractivity contribution >= 4 is 11.4 Å². The maximum Gasteiger partial charge on any atom is 0.311 e. The first-order chi connectivity index (χ1) is 9.04. The third-order valence-electron chi connectivity index (χ3n) is 2.91. The van der Waals surface area contributed by atoms with Crippen molar-refractivity contribution in [1.29, 1.82) is 0 Å². The van der Waals surface area contributed by atoms with Crippen LogP contribution in [0.2, 0.25) is 0 Å². The van der Waals surface area contributed by atoms with Crippen LogP contribution >= 0.6 is 0 Å². The van der Waals surface area contributed by atoms with E-state index in [1.54, 1.807) is 12.1 Å². The van der Waals surface area contributed by atoms with Crippen molar-refractivity contribution in [3.8, 4) is 5.75 Å². The molecule has 0 saturated carbocycles. The van der Waals surface area contributed by atoms with Crippen molar-refractivity contribution in [3.63, 3.8) is 0 Å². The summed E-state index contributed by atoms with van der Waals surface area (Å²) in [5.41, 5.74) is 0.847. The molecular formula is C14H22N2O3. The molecule has 0 heterocycles. The van der Waals surface area contributed by atoms with Crippen molar-refractivity contribution in [2.75, 3.05) is 19.0 Å². The molecule has 0 spiro atoms. The minimum absolute atomic E-state index is 0.00661. The Hall–Kier alpha value is -1.78. The fourth-order valence-corrected chi connectivity index (χ4v) is 1.85. The second-order valence-corrected chi connectivity index (χ2v) is 4.96. The summed E-state index contributed by atoms with van der Waals surface area (Å²) in [6.07, 6.45) is 3.51. The van der Waals surface area contributed by atoms with Gasteiger partial charge >= 0.3 is 5.69 Å². The molecule has 19 heavy (non-hydrogen) atoms. The van der Waals surface area contributed by atoms with E-state index in [1.165, 1.54) is 26.0 Å². The normalized spacial score (nSPS) is 10.5. The predicted molar refractivity (Wildman–Crippen MR) is 76.8 cm³/mol. The highest BCUT2D eigenvalue weighted by Crippen LogP contribution is 2.29.